The highest BCUT2D eigenvalue weighted by molar-refractivity contribution is 7.89. The maximum Gasteiger partial charge on any atom is 0.243 e. The zero-order valence-electron chi connectivity index (χ0n) is 15.9. The van der Waals surface area contributed by atoms with Crippen molar-refractivity contribution >= 4 is 27.3 Å². The minimum Gasteiger partial charge on any atom is -0.338 e. The second-order valence-electron chi connectivity index (χ2n) is 6.87. The Labute approximate surface area is 164 Å². The van der Waals surface area contributed by atoms with Gasteiger partial charge >= 0.3 is 0 Å². The molecule has 0 aliphatic carbocycles. The molecule has 2 heterocycles. The van der Waals surface area contributed by atoms with Crippen molar-refractivity contribution in [2.45, 2.75) is 50.6 Å². The van der Waals surface area contributed by atoms with Crippen LogP contribution < -0.4 is 0 Å². The van der Waals surface area contributed by atoms with Gasteiger partial charge in [0.15, 0.2) is 0 Å². The van der Waals surface area contributed by atoms with Crippen molar-refractivity contribution in [3.05, 3.63) is 45.9 Å². The van der Waals surface area contributed by atoms with Crippen molar-refractivity contribution in [2.24, 2.45) is 0 Å². The van der Waals surface area contributed by atoms with Crippen LogP contribution in [0.15, 0.2) is 34.5 Å². The highest BCUT2D eigenvalue weighted by Crippen LogP contribution is 2.27. The largest absolute Gasteiger partial charge is 0.338 e. The highest BCUT2D eigenvalue weighted by Gasteiger charge is 2.40. The molecule has 0 unspecified atom stereocenters. The van der Waals surface area contributed by atoms with Gasteiger partial charge in [0.05, 0.1) is 22.1 Å². The van der Waals surface area contributed by atoms with E-state index < -0.39 is 16.1 Å². The lowest BCUT2D eigenvalue weighted by Crippen LogP contribution is -2.46. The number of amides is 1. The van der Waals surface area contributed by atoms with Crippen LogP contribution in [0.25, 0.3) is 0 Å². The number of benzene rings is 1. The Balaban J connectivity index is 1.76. The first-order chi connectivity index (χ1) is 12.8. The molecule has 0 bridgehead atoms. The molecule has 1 aromatic heterocycles. The number of aryl methyl sites for hydroxylation is 2. The third kappa shape index (κ3) is 4.23. The minimum atomic E-state index is -3.68. The quantitative estimate of drug-likeness (QED) is 0.738. The molecule has 1 aliphatic heterocycles. The van der Waals surface area contributed by atoms with Gasteiger partial charge in [0.25, 0.3) is 0 Å². The molecule has 1 saturated heterocycles. The van der Waals surface area contributed by atoms with Crippen LogP contribution in [0.4, 0.5) is 0 Å². The Kier molecular flexibility index (Phi) is 5.98. The average molecular weight is 408 g/mol. The zero-order chi connectivity index (χ0) is 19.6. The topological polar surface area (TPSA) is 70.6 Å². The molecule has 6 nitrogen and oxygen atoms in total. The van der Waals surface area contributed by atoms with E-state index in [-0.39, 0.29) is 10.8 Å². The first-order valence-electron chi connectivity index (χ1n) is 9.09. The molecule has 0 N–H and O–H groups in total. The van der Waals surface area contributed by atoms with Crippen LogP contribution in [0.5, 0.6) is 0 Å². The summed E-state index contributed by atoms with van der Waals surface area (Å²) in [5.41, 5.74) is 1.84. The average Bonchev–Trinajstić information content (AvgIpc) is 3.31. The predicted octanol–water partition coefficient (Wildman–Crippen LogP) is 2.83. The van der Waals surface area contributed by atoms with E-state index in [1.807, 2.05) is 19.2 Å². The van der Waals surface area contributed by atoms with Crippen molar-refractivity contribution in [1.29, 1.82) is 0 Å². The number of likely N-dealkylation sites (N-methyl/N-ethyl adjacent to an activating group) is 1. The molecular formula is C19H25N3O3S2. The maximum absolute atomic E-state index is 13.0. The molecule has 1 aliphatic rings. The number of hydrogen-bond donors (Lipinski definition) is 0. The molecule has 0 saturated carbocycles. The second-order valence-corrected chi connectivity index (χ2v) is 9.70. The van der Waals surface area contributed by atoms with Gasteiger partial charge in [0.2, 0.25) is 15.9 Å². The van der Waals surface area contributed by atoms with Crippen LogP contribution in [0, 0.1) is 6.92 Å². The fourth-order valence-electron chi connectivity index (χ4n) is 3.28. The van der Waals surface area contributed by atoms with Gasteiger partial charge in [-0.3, -0.25) is 4.79 Å². The Hall–Kier alpha value is -1.77. The van der Waals surface area contributed by atoms with E-state index in [2.05, 4.69) is 4.98 Å². The van der Waals surface area contributed by atoms with E-state index >= 15 is 0 Å². The molecule has 1 atom stereocenters. The summed E-state index contributed by atoms with van der Waals surface area (Å²) < 4.78 is 27.4. The lowest BCUT2D eigenvalue weighted by atomic mass is 10.2. The van der Waals surface area contributed by atoms with Crippen LogP contribution >= 0.6 is 11.3 Å². The van der Waals surface area contributed by atoms with Crippen molar-refractivity contribution in [2.75, 3.05) is 13.6 Å². The molecule has 27 heavy (non-hydrogen) atoms. The van der Waals surface area contributed by atoms with E-state index in [0.717, 1.165) is 22.7 Å². The van der Waals surface area contributed by atoms with Gasteiger partial charge in [-0.15, -0.1) is 11.3 Å². The zero-order valence-corrected chi connectivity index (χ0v) is 17.5. The number of carbonyl (C=O) groups is 1. The van der Waals surface area contributed by atoms with Crippen LogP contribution in [0.1, 0.15) is 36.0 Å². The Morgan fingerprint density at radius 3 is 2.67 bits per heavy atom. The highest BCUT2D eigenvalue weighted by atomic mass is 32.2. The number of thiazole rings is 1. The Morgan fingerprint density at radius 2 is 2.04 bits per heavy atom. The summed E-state index contributed by atoms with van der Waals surface area (Å²) in [6.07, 6.45) is 2.10. The van der Waals surface area contributed by atoms with E-state index in [1.54, 1.807) is 47.5 Å². The van der Waals surface area contributed by atoms with Gasteiger partial charge in [0.1, 0.15) is 6.04 Å². The summed E-state index contributed by atoms with van der Waals surface area (Å²) in [5.74, 6) is -0.172. The number of carbonyl (C=O) groups excluding carboxylic acids is 1. The lowest BCUT2D eigenvalue weighted by Gasteiger charge is -2.27. The summed E-state index contributed by atoms with van der Waals surface area (Å²) in [6, 6.07) is 6.12. The third-order valence-corrected chi connectivity index (χ3v) is 7.76. The monoisotopic (exact) mass is 407 g/mol. The van der Waals surface area contributed by atoms with Crippen LogP contribution in [0.3, 0.4) is 0 Å². The molecule has 146 valence electrons. The van der Waals surface area contributed by atoms with Crippen molar-refractivity contribution in [3.8, 4) is 0 Å². The van der Waals surface area contributed by atoms with Gasteiger partial charge in [-0.05, 0) is 38.3 Å². The standard InChI is InChI=1S/C19H25N3O3S2/c1-4-18-20-15(13-26-18)12-21(3)19(23)17-6-5-11-22(17)27(24,25)16-9-7-14(2)8-10-16/h7-10,13,17H,4-6,11-12H2,1-3H3/t17-/m0/s1. The van der Waals surface area contributed by atoms with E-state index in [4.69, 9.17) is 0 Å². The van der Waals surface area contributed by atoms with Gasteiger partial charge in [0, 0.05) is 19.0 Å². The maximum atomic E-state index is 13.0. The predicted molar refractivity (Wildman–Crippen MR) is 106 cm³/mol. The summed E-state index contributed by atoms with van der Waals surface area (Å²) >= 11 is 1.58. The summed E-state index contributed by atoms with van der Waals surface area (Å²) in [7, 11) is -1.97. The smallest absolute Gasteiger partial charge is 0.243 e. The molecule has 0 radical (unpaired) electrons. The normalized spacial score (nSPS) is 18.0. The van der Waals surface area contributed by atoms with Crippen molar-refractivity contribution in [3.63, 3.8) is 0 Å². The first-order valence-corrected chi connectivity index (χ1v) is 11.4. The van der Waals surface area contributed by atoms with E-state index in [1.165, 1.54) is 4.31 Å². The molecular weight excluding hydrogens is 382 g/mol. The SMILES string of the molecule is CCc1nc(CN(C)C(=O)[C@@H]2CCCN2S(=O)(=O)c2ccc(C)cc2)cs1. The van der Waals surface area contributed by atoms with Gasteiger partial charge in [-0.2, -0.15) is 4.31 Å². The molecule has 1 fully saturated rings. The molecule has 3 rings (SSSR count). The third-order valence-electron chi connectivity index (χ3n) is 4.79. The fourth-order valence-corrected chi connectivity index (χ4v) is 5.67. The molecule has 8 heteroatoms. The fraction of sp³-hybridized carbons (Fsp3) is 0.474. The van der Waals surface area contributed by atoms with Gasteiger partial charge in [-0.1, -0.05) is 24.6 Å². The molecule has 1 amide bonds. The van der Waals surface area contributed by atoms with Gasteiger partial charge in [-0.25, -0.2) is 13.4 Å². The second kappa shape index (κ2) is 8.08. The van der Waals surface area contributed by atoms with Crippen molar-refractivity contribution < 1.29 is 13.2 Å². The summed E-state index contributed by atoms with van der Waals surface area (Å²) in [5, 5.41) is 2.99. The van der Waals surface area contributed by atoms with Crippen molar-refractivity contribution in [1.82, 2.24) is 14.2 Å². The number of sulfonamides is 1. The van der Waals surface area contributed by atoms with Gasteiger partial charge < -0.3 is 4.90 Å². The summed E-state index contributed by atoms with van der Waals surface area (Å²) in [4.78, 5) is 19.3. The number of hydrogen-bond acceptors (Lipinski definition) is 5. The Morgan fingerprint density at radius 1 is 1.33 bits per heavy atom. The van der Waals surface area contributed by atoms with Crippen LogP contribution in [0.2, 0.25) is 0 Å². The van der Waals surface area contributed by atoms with Crippen LogP contribution in [-0.2, 0) is 27.8 Å². The van der Waals surface area contributed by atoms with E-state index in [0.29, 0.717) is 25.9 Å². The molecule has 1 aromatic carbocycles. The summed E-state index contributed by atoms with van der Waals surface area (Å²) in [6.45, 7) is 4.72. The number of nitrogens with zero attached hydrogens (tertiary/aromatic N) is 3. The number of aromatic nitrogens is 1. The minimum absolute atomic E-state index is 0.172. The Bertz CT molecular complexity index is 907. The van der Waals surface area contributed by atoms with Crippen LogP contribution in [-0.4, -0.2) is 48.1 Å². The lowest BCUT2D eigenvalue weighted by molar-refractivity contribution is -0.133. The molecule has 2 aromatic rings. The van der Waals surface area contributed by atoms with E-state index in [9.17, 15) is 13.2 Å². The first kappa shape index (κ1) is 20.0. The molecule has 0 spiro atoms. The number of rotatable bonds is 6.